The molecule has 0 radical (unpaired) electrons. The Morgan fingerprint density at radius 2 is 1.46 bits per heavy atom. The fourth-order valence-corrected chi connectivity index (χ4v) is 2.24. The molecular weight excluding hydrogens is 344 g/mol. The van der Waals surface area contributed by atoms with Crippen molar-refractivity contribution in [3.8, 4) is 11.5 Å². The average molecular weight is 366 g/mol. The summed E-state index contributed by atoms with van der Waals surface area (Å²) in [4.78, 5) is 34.0. The van der Waals surface area contributed by atoms with E-state index in [0.29, 0.717) is 13.1 Å². The van der Waals surface area contributed by atoms with Crippen molar-refractivity contribution in [2.75, 3.05) is 39.4 Å². The predicted molar refractivity (Wildman–Crippen MR) is 92.2 cm³/mol. The van der Waals surface area contributed by atoms with Crippen molar-refractivity contribution in [3.63, 3.8) is 0 Å². The zero-order valence-electron chi connectivity index (χ0n) is 14.3. The van der Waals surface area contributed by atoms with Crippen LogP contribution in [0, 0.1) is 10.1 Å². The van der Waals surface area contributed by atoms with Crippen LogP contribution in [0.15, 0.2) is 18.2 Å². The van der Waals surface area contributed by atoms with Gasteiger partial charge in [0.15, 0.2) is 24.7 Å². The van der Waals surface area contributed by atoms with E-state index in [1.54, 1.807) is 0 Å². The Bertz CT molecular complexity index is 652. The standard InChI is InChI=1S/C16H22N4O6/c21-15-10-25-13-4-3-12(20(23)24)9-14(13)26-11-16(22)19-8-2-6-17-5-1-7-18-15/h3-4,9,17H,1-2,5-8,10-11H2,(H,18,21)(H,19,22). The summed E-state index contributed by atoms with van der Waals surface area (Å²) >= 11 is 0. The van der Waals surface area contributed by atoms with E-state index in [1.165, 1.54) is 18.2 Å². The lowest BCUT2D eigenvalue weighted by molar-refractivity contribution is -0.385. The van der Waals surface area contributed by atoms with Crippen molar-refractivity contribution in [2.24, 2.45) is 0 Å². The summed E-state index contributed by atoms with van der Waals surface area (Å²) in [7, 11) is 0. The summed E-state index contributed by atoms with van der Waals surface area (Å²) in [5.41, 5.74) is -0.200. The Labute approximate surface area is 150 Å². The molecular formula is C16H22N4O6. The number of hydrogen-bond acceptors (Lipinski definition) is 7. The number of benzene rings is 1. The normalized spacial score (nSPS) is 17.5. The summed E-state index contributed by atoms with van der Waals surface area (Å²) in [5.74, 6) is -0.460. The lowest BCUT2D eigenvalue weighted by Gasteiger charge is -2.12. The van der Waals surface area contributed by atoms with Crippen molar-refractivity contribution in [3.05, 3.63) is 28.3 Å². The van der Waals surface area contributed by atoms with E-state index in [-0.39, 0.29) is 42.2 Å². The van der Waals surface area contributed by atoms with Crippen molar-refractivity contribution >= 4 is 17.5 Å². The summed E-state index contributed by atoms with van der Waals surface area (Å²) in [6.07, 6.45) is 1.52. The van der Waals surface area contributed by atoms with Crippen LogP contribution in [0.3, 0.4) is 0 Å². The molecule has 0 spiro atoms. The number of amides is 2. The summed E-state index contributed by atoms with van der Waals surface area (Å²) in [6, 6.07) is 3.75. The van der Waals surface area contributed by atoms with Gasteiger partial charge in [-0.25, -0.2) is 0 Å². The minimum Gasteiger partial charge on any atom is -0.480 e. The molecule has 142 valence electrons. The number of nitro benzene ring substituents is 1. The Hall–Kier alpha value is -2.88. The molecule has 26 heavy (non-hydrogen) atoms. The highest BCUT2D eigenvalue weighted by atomic mass is 16.6. The Morgan fingerprint density at radius 1 is 0.885 bits per heavy atom. The van der Waals surface area contributed by atoms with E-state index in [1.807, 2.05) is 0 Å². The number of nitrogens with one attached hydrogen (secondary N) is 3. The van der Waals surface area contributed by atoms with Crippen LogP contribution in [-0.2, 0) is 9.59 Å². The third kappa shape index (κ3) is 6.55. The highest BCUT2D eigenvalue weighted by molar-refractivity contribution is 5.78. The predicted octanol–water partition coefficient (Wildman–Crippen LogP) is -0.0318. The molecule has 10 nitrogen and oxygen atoms in total. The van der Waals surface area contributed by atoms with Gasteiger partial charge in [0.1, 0.15) is 0 Å². The van der Waals surface area contributed by atoms with E-state index in [0.717, 1.165) is 25.9 Å². The number of nitro groups is 1. The maximum absolute atomic E-state index is 11.8. The molecule has 2 amide bonds. The van der Waals surface area contributed by atoms with E-state index >= 15 is 0 Å². The van der Waals surface area contributed by atoms with E-state index < -0.39 is 4.92 Å². The van der Waals surface area contributed by atoms with Gasteiger partial charge >= 0.3 is 0 Å². The number of carbonyl (C=O) groups is 2. The number of nitrogens with zero attached hydrogens (tertiary/aromatic N) is 1. The van der Waals surface area contributed by atoms with Crippen LogP contribution < -0.4 is 25.4 Å². The maximum Gasteiger partial charge on any atom is 0.273 e. The van der Waals surface area contributed by atoms with Crippen LogP contribution in [0.25, 0.3) is 0 Å². The first-order chi connectivity index (χ1) is 12.6. The van der Waals surface area contributed by atoms with Crippen LogP contribution in [-0.4, -0.2) is 56.1 Å². The second-order valence-electron chi connectivity index (χ2n) is 5.62. The first kappa shape index (κ1) is 19.4. The SMILES string of the molecule is O=C1COc2ccc([N+](=O)[O-])cc2OCC(=O)NCCCNCCCN1. The molecule has 1 heterocycles. The van der Waals surface area contributed by atoms with Gasteiger partial charge < -0.3 is 25.4 Å². The first-order valence-corrected chi connectivity index (χ1v) is 8.34. The molecule has 0 saturated carbocycles. The fraction of sp³-hybridized carbons (Fsp3) is 0.500. The smallest absolute Gasteiger partial charge is 0.273 e. The summed E-state index contributed by atoms with van der Waals surface area (Å²) in [5, 5.41) is 19.6. The average Bonchev–Trinajstić information content (AvgIpc) is 2.63. The van der Waals surface area contributed by atoms with Crippen molar-refractivity contribution in [1.82, 2.24) is 16.0 Å². The second kappa shape index (κ2) is 10.2. The Balaban J connectivity index is 2.09. The third-order valence-corrected chi connectivity index (χ3v) is 3.56. The number of fused-ring (bicyclic) bond motifs is 1. The number of ether oxygens (including phenoxy) is 2. The Morgan fingerprint density at radius 3 is 2.04 bits per heavy atom. The van der Waals surface area contributed by atoms with E-state index in [4.69, 9.17) is 9.47 Å². The lowest BCUT2D eigenvalue weighted by atomic mass is 10.3. The molecule has 2 rings (SSSR count). The van der Waals surface area contributed by atoms with Gasteiger partial charge in [-0.1, -0.05) is 0 Å². The van der Waals surface area contributed by atoms with Crippen molar-refractivity contribution < 1.29 is 24.0 Å². The molecule has 0 unspecified atom stereocenters. The second-order valence-corrected chi connectivity index (χ2v) is 5.62. The fourth-order valence-electron chi connectivity index (χ4n) is 2.24. The summed E-state index contributed by atoms with van der Waals surface area (Å²) in [6.45, 7) is 1.93. The van der Waals surface area contributed by atoms with Gasteiger partial charge in [0.2, 0.25) is 0 Å². The van der Waals surface area contributed by atoms with Gasteiger partial charge in [0.05, 0.1) is 11.0 Å². The molecule has 1 aromatic rings. The molecule has 10 heteroatoms. The largest absolute Gasteiger partial charge is 0.480 e. The lowest BCUT2D eigenvalue weighted by Crippen LogP contribution is -2.32. The van der Waals surface area contributed by atoms with Crippen molar-refractivity contribution in [1.29, 1.82) is 0 Å². The number of non-ortho nitro benzene ring substituents is 1. The molecule has 1 aliphatic heterocycles. The molecule has 0 bridgehead atoms. The molecule has 1 aromatic carbocycles. The molecule has 3 N–H and O–H groups in total. The van der Waals surface area contributed by atoms with Gasteiger partial charge in [-0.2, -0.15) is 0 Å². The molecule has 1 aliphatic rings. The minimum atomic E-state index is -0.577. The van der Waals surface area contributed by atoms with Crippen LogP contribution in [0.1, 0.15) is 12.8 Å². The maximum atomic E-state index is 11.8. The summed E-state index contributed by atoms with van der Waals surface area (Å²) < 4.78 is 10.8. The van der Waals surface area contributed by atoms with Gasteiger partial charge in [0.25, 0.3) is 17.5 Å². The zero-order chi connectivity index (χ0) is 18.8. The van der Waals surface area contributed by atoms with E-state index in [2.05, 4.69) is 16.0 Å². The quantitative estimate of drug-likeness (QED) is 0.470. The minimum absolute atomic E-state index is 0.0353. The monoisotopic (exact) mass is 366 g/mol. The Kier molecular flexibility index (Phi) is 7.62. The van der Waals surface area contributed by atoms with Gasteiger partial charge in [-0.05, 0) is 32.0 Å². The molecule has 0 atom stereocenters. The van der Waals surface area contributed by atoms with Crippen LogP contribution in [0.4, 0.5) is 5.69 Å². The van der Waals surface area contributed by atoms with Crippen LogP contribution >= 0.6 is 0 Å². The molecule has 0 aromatic heterocycles. The van der Waals surface area contributed by atoms with Crippen LogP contribution in [0.5, 0.6) is 11.5 Å². The third-order valence-electron chi connectivity index (χ3n) is 3.56. The van der Waals surface area contributed by atoms with Gasteiger partial charge in [-0.3, -0.25) is 19.7 Å². The number of carbonyl (C=O) groups excluding carboxylic acids is 2. The van der Waals surface area contributed by atoms with Gasteiger partial charge in [0, 0.05) is 19.2 Å². The highest BCUT2D eigenvalue weighted by Crippen LogP contribution is 2.31. The van der Waals surface area contributed by atoms with Crippen LogP contribution in [0.2, 0.25) is 0 Å². The van der Waals surface area contributed by atoms with E-state index in [9.17, 15) is 19.7 Å². The van der Waals surface area contributed by atoms with Crippen molar-refractivity contribution in [2.45, 2.75) is 12.8 Å². The zero-order valence-corrected chi connectivity index (χ0v) is 14.3. The molecule has 0 aliphatic carbocycles. The molecule has 0 fully saturated rings. The topological polar surface area (TPSA) is 132 Å². The number of rotatable bonds is 1. The highest BCUT2D eigenvalue weighted by Gasteiger charge is 2.15. The molecule has 0 saturated heterocycles. The van der Waals surface area contributed by atoms with Gasteiger partial charge in [-0.15, -0.1) is 0 Å². The first-order valence-electron chi connectivity index (χ1n) is 8.34. The number of hydrogen-bond donors (Lipinski definition) is 3.